The molecule has 0 saturated heterocycles. The summed E-state index contributed by atoms with van der Waals surface area (Å²) in [4.78, 5) is 11.6. The predicted molar refractivity (Wildman–Crippen MR) is 72.2 cm³/mol. The molecule has 1 N–H and O–H groups in total. The molecule has 102 valence electrons. The van der Waals surface area contributed by atoms with Gasteiger partial charge >= 0.3 is 5.97 Å². The van der Waals surface area contributed by atoms with Crippen LogP contribution in [0.2, 0.25) is 0 Å². The molecule has 0 spiro atoms. The Morgan fingerprint density at radius 3 is 2.35 bits per heavy atom. The van der Waals surface area contributed by atoms with Crippen molar-refractivity contribution in [2.75, 3.05) is 13.7 Å². The minimum atomic E-state index is -0.294. The van der Waals surface area contributed by atoms with E-state index in [0.29, 0.717) is 12.5 Å². The van der Waals surface area contributed by atoms with Gasteiger partial charge in [-0.1, -0.05) is 26.7 Å². The van der Waals surface area contributed by atoms with Gasteiger partial charge in [-0.2, -0.15) is 0 Å². The monoisotopic (exact) mass is 263 g/mol. The number of hydrogen-bond acceptors (Lipinski definition) is 4. The Bertz CT molecular complexity index is 196. The highest BCUT2D eigenvalue weighted by Crippen LogP contribution is 2.14. The van der Waals surface area contributed by atoms with Crippen LogP contribution in [-0.2, 0) is 14.1 Å². The zero-order valence-corrected chi connectivity index (χ0v) is 12.4. The van der Waals surface area contributed by atoms with E-state index in [4.69, 9.17) is 9.26 Å². The summed E-state index contributed by atoms with van der Waals surface area (Å²) in [6, 6.07) is -0.294. The number of carbonyl (C=O) groups is 1. The topological polar surface area (TPSA) is 47.6 Å². The fourth-order valence-electron chi connectivity index (χ4n) is 1.66. The van der Waals surface area contributed by atoms with E-state index in [0.717, 1.165) is 25.7 Å². The van der Waals surface area contributed by atoms with E-state index in [1.165, 1.54) is 0 Å². The number of hydrogen-bond donors (Lipinski definition) is 1. The molecule has 0 aliphatic carbocycles. The molecule has 0 aliphatic rings. The maximum absolute atomic E-state index is 11.6. The number of nitrogens with one attached hydrogen (secondary N) is 1. The second-order valence-electron chi connectivity index (χ2n) is 4.25. The van der Waals surface area contributed by atoms with E-state index >= 15 is 0 Å². The van der Waals surface area contributed by atoms with E-state index in [2.05, 4.69) is 18.9 Å². The first-order valence-electron chi connectivity index (χ1n) is 6.35. The first-order valence-corrected chi connectivity index (χ1v) is 7.26. The Labute approximate surface area is 107 Å². The highest BCUT2D eigenvalue weighted by atomic mass is 31.1. The van der Waals surface area contributed by atoms with E-state index in [1.54, 1.807) is 14.0 Å². The molecule has 0 bridgehead atoms. The maximum Gasteiger partial charge on any atom is 0.323 e. The first-order chi connectivity index (χ1) is 8.15. The van der Waals surface area contributed by atoms with Crippen LogP contribution in [0, 0.1) is 5.92 Å². The average Bonchev–Trinajstić information content (AvgIpc) is 2.33. The molecule has 0 saturated carbocycles. The molecule has 0 radical (unpaired) electrons. The van der Waals surface area contributed by atoms with E-state index in [9.17, 15) is 4.79 Å². The van der Waals surface area contributed by atoms with Crippen LogP contribution in [0.15, 0.2) is 0 Å². The molecule has 4 nitrogen and oxygen atoms in total. The van der Waals surface area contributed by atoms with Gasteiger partial charge in [0, 0.05) is 7.11 Å². The molecule has 0 aromatic carbocycles. The van der Waals surface area contributed by atoms with Crippen LogP contribution in [0.4, 0.5) is 0 Å². The Morgan fingerprint density at radius 1 is 1.29 bits per heavy atom. The predicted octanol–water partition coefficient (Wildman–Crippen LogP) is 2.88. The van der Waals surface area contributed by atoms with Gasteiger partial charge in [0.25, 0.3) is 0 Å². The smallest absolute Gasteiger partial charge is 0.323 e. The third-order valence-electron chi connectivity index (χ3n) is 2.59. The lowest BCUT2D eigenvalue weighted by molar-refractivity contribution is -0.146. The average molecular weight is 263 g/mol. The Kier molecular flexibility index (Phi) is 10.8. The van der Waals surface area contributed by atoms with Gasteiger partial charge in [0.2, 0.25) is 0 Å². The SMILES string of the molecule is CCCC(CCC)COC(=O)C(C)NPOC. The van der Waals surface area contributed by atoms with Gasteiger partial charge in [-0.15, -0.1) is 0 Å². The third-order valence-corrected chi connectivity index (χ3v) is 3.34. The van der Waals surface area contributed by atoms with Crippen LogP contribution in [0.3, 0.4) is 0 Å². The van der Waals surface area contributed by atoms with Gasteiger partial charge < -0.3 is 9.26 Å². The normalized spacial score (nSPS) is 13.5. The van der Waals surface area contributed by atoms with Gasteiger partial charge in [0.05, 0.1) is 15.6 Å². The lowest BCUT2D eigenvalue weighted by Crippen LogP contribution is -2.31. The summed E-state index contributed by atoms with van der Waals surface area (Å²) in [6.07, 6.45) is 4.54. The van der Waals surface area contributed by atoms with Crippen molar-refractivity contribution in [3.05, 3.63) is 0 Å². The number of carbonyl (C=O) groups excluding carboxylic acids is 1. The third kappa shape index (κ3) is 8.53. The minimum absolute atomic E-state index is 0.137. The summed E-state index contributed by atoms with van der Waals surface area (Å²) < 4.78 is 10.2. The van der Waals surface area contributed by atoms with E-state index < -0.39 is 0 Å². The number of rotatable bonds is 10. The minimum Gasteiger partial charge on any atom is -0.464 e. The van der Waals surface area contributed by atoms with E-state index in [1.807, 2.05) is 0 Å². The lowest BCUT2D eigenvalue weighted by Gasteiger charge is -2.17. The van der Waals surface area contributed by atoms with Crippen molar-refractivity contribution in [1.29, 1.82) is 0 Å². The van der Waals surface area contributed by atoms with Crippen molar-refractivity contribution in [3.8, 4) is 0 Å². The quantitative estimate of drug-likeness (QED) is 0.486. The van der Waals surface area contributed by atoms with Crippen LogP contribution in [0.1, 0.15) is 46.5 Å². The second kappa shape index (κ2) is 10.9. The molecule has 5 heteroatoms. The zero-order chi connectivity index (χ0) is 13.1. The largest absolute Gasteiger partial charge is 0.464 e. The van der Waals surface area contributed by atoms with Gasteiger partial charge in [0.1, 0.15) is 6.04 Å². The second-order valence-corrected chi connectivity index (χ2v) is 5.15. The van der Waals surface area contributed by atoms with Crippen LogP contribution >= 0.6 is 8.96 Å². The molecule has 0 rings (SSSR count). The molecular formula is C12H26NO3P. The van der Waals surface area contributed by atoms with Gasteiger partial charge in [-0.25, -0.2) is 0 Å². The Hall–Kier alpha value is -0.180. The lowest BCUT2D eigenvalue weighted by atomic mass is 9.99. The van der Waals surface area contributed by atoms with Crippen molar-refractivity contribution >= 4 is 14.9 Å². The van der Waals surface area contributed by atoms with Crippen molar-refractivity contribution in [1.82, 2.24) is 5.09 Å². The van der Waals surface area contributed by atoms with Crippen LogP contribution in [-0.4, -0.2) is 25.7 Å². The van der Waals surface area contributed by atoms with Gasteiger partial charge in [-0.3, -0.25) is 9.88 Å². The molecule has 0 aromatic rings. The Balaban J connectivity index is 3.85. The molecule has 0 amide bonds. The summed E-state index contributed by atoms with van der Waals surface area (Å²) in [5, 5.41) is 2.95. The molecule has 17 heavy (non-hydrogen) atoms. The van der Waals surface area contributed by atoms with Gasteiger partial charge in [0.15, 0.2) is 0 Å². The molecule has 0 aromatic heterocycles. The number of ether oxygens (including phenoxy) is 1. The Morgan fingerprint density at radius 2 is 1.88 bits per heavy atom. The highest BCUT2D eigenvalue weighted by molar-refractivity contribution is 7.29. The summed E-state index contributed by atoms with van der Waals surface area (Å²) in [5.41, 5.74) is 0. The highest BCUT2D eigenvalue weighted by Gasteiger charge is 2.16. The van der Waals surface area contributed by atoms with Crippen molar-refractivity contribution < 1.29 is 14.1 Å². The fraction of sp³-hybridized carbons (Fsp3) is 0.917. The molecule has 0 fully saturated rings. The van der Waals surface area contributed by atoms with Crippen molar-refractivity contribution in [2.45, 2.75) is 52.5 Å². The summed E-state index contributed by atoms with van der Waals surface area (Å²) >= 11 is 0. The van der Waals surface area contributed by atoms with Crippen LogP contribution < -0.4 is 5.09 Å². The molecule has 0 aliphatic heterocycles. The van der Waals surface area contributed by atoms with Crippen molar-refractivity contribution in [2.24, 2.45) is 5.92 Å². The molecule has 2 unspecified atom stereocenters. The number of esters is 1. The standard InChI is InChI=1S/C12H26NO3P/c1-5-7-11(8-6-2)9-16-12(14)10(3)13-17-15-4/h10-11,13,17H,5-9H2,1-4H3. The maximum atomic E-state index is 11.6. The summed E-state index contributed by atoms with van der Waals surface area (Å²) in [6.45, 7) is 6.66. The molecule has 2 atom stereocenters. The summed E-state index contributed by atoms with van der Waals surface area (Å²) in [5.74, 6) is 0.317. The van der Waals surface area contributed by atoms with Gasteiger partial charge in [-0.05, 0) is 25.7 Å². The summed E-state index contributed by atoms with van der Waals surface area (Å²) in [7, 11) is 1.74. The first kappa shape index (κ1) is 16.8. The van der Waals surface area contributed by atoms with E-state index in [-0.39, 0.29) is 21.0 Å². The molecular weight excluding hydrogens is 237 g/mol. The fourth-order valence-corrected chi connectivity index (χ4v) is 2.07. The van der Waals surface area contributed by atoms with Crippen LogP contribution in [0.25, 0.3) is 0 Å². The van der Waals surface area contributed by atoms with Crippen LogP contribution in [0.5, 0.6) is 0 Å². The molecule has 0 heterocycles. The zero-order valence-electron chi connectivity index (χ0n) is 11.4. The van der Waals surface area contributed by atoms with Crippen molar-refractivity contribution in [3.63, 3.8) is 0 Å².